The van der Waals surface area contributed by atoms with Gasteiger partial charge in [0.05, 0.1) is 53.5 Å². The van der Waals surface area contributed by atoms with Crippen LogP contribution >= 0.6 is 0 Å². The zero-order chi connectivity index (χ0) is 14.1. The molecule has 0 bridgehead atoms. The molecule has 3 nitrogen and oxygen atoms in total. The minimum atomic E-state index is 0.965. The molecule has 0 N–H and O–H groups in total. The third-order valence-electron chi connectivity index (χ3n) is 6.36. The molecule has 1 aliphatic carbocycles. The van der Waals surface area contributed by atoms with Gasteiger partial charge in [0.25, 0.3) is 0 Å². The molecular weight excluding hydrogens is 248 g/mol. The fourth-order valence-corrected chi connectivity index (χ4v) is 5.00. The summed E-state index contributed by atoms with van der Waals surface area (Å²) >= 11 is 0. The number of likely N-dealkylation sites (N-methyl/N-ethyl adjacent to an activating group) is 1. The number of hydrogen-bond acceptors (Lipinski definition) is 1. The third kappa shape index (κ3) is 3.37. The van der Waals surface area contributed by atoms with Crippen LogP contribution in [0, 0.1) is 11.8 Å². The summed E-state index contributed by atoms with van der Waals surface area (Å²) in [5.74, 6) is 2.11. The van der Waals surface area contributed by atoms with Crippen molar-refractivity contribution >= 4 is 0 Å². The van der Waals surface area contributed by atoms with Gasteiger partial charge in [0.1, 0.15) is 13.1 Å². The zero-order valence-corrected chi connectivity index (χ0v) is 13.6. The Hall–Kier alpha value is -0.120. The quantitative estimate of drug-likeness (QED) is 0.718. The van der Waals surface area contributed by atoms with Crippen LogP contribution in [0.4, 0.5) is 0 Å². The van der Waals surface area contributed by atoms with Crippen LogP contribution in [0.25, 0.3) is 0 Å². The van der Waals surface area contributed by atoms with Gasteiger partial charge in [-0.15, -0.1) is 0 Å². The van der Waals surface area contributed by atoms with Gasteiger partial charge in [-0.2, -0.15) is 0 Å². The lowest BCUT2D eigenvalue weighted by atomic mass is 9.82. The van der Waals surface area contributed by atoms with Crippen LogP contribution < -0.4 is 0 Å². The normalized spacial score (nSPS) is 40.5. The molecule has 1 saturated carbocycles. The molecule has 2 unspecified atom stereocenters. The van der Waals surface area contributed by atoms with E-state index in [0.717, 1.165) is 25.0 Å². The number of ether oxygens (including phenoxy) is 1. The Balaban J connectivity index is 1.46. The lowest BCUT2D eigenvalue weighted by Gasteiger charge is -2.38. The van der Waals surface area contributed by atoms with Crippen molar-refractivity contribution in [2.24, 2.45) is 11.8 Å². The number of rotatable bonds is 4. The predicted octanol–water partition coefficient (Wildman–Crippen LogP) is 2.12. The first-order valence-corrected chi connectivity index (χ1v) is 8.84. The van der Waals surface area contributed by atoms with Crippen molar-refractivity contribution in [3.8, 4) is 0 Å². The lowest BCUT2D eigenvalue weighted by molar-refractivity contribution is -0.928. The van der Waals surface area contributed by atoms with Crippen molar-refractivity contribution in [2.75, 3.05) is 66.6 Å². The Kier molecular flexibility index (Phi) is 4.40. The number of likely N-dealkylation sites (tertiary alicyclic amines) is 1. The van der Waals surface area contributed by atoms with Crippen molar-refractivity contribution < 1.29 is 13.7 Å². The van der Waals surface area contributed by atoms with Gasteiger partial charge >= 0.3 is 0 Å². The minimum Gasteiger partial charge on any atom is -0.370 e. The molecule has 2 saturated heterocycles. The fraction of sp³-hybridized carbons (Fsp3) is 1.00. The topological polar surface area (TPSA) is 9.23 Å². The van der Waals surface area contributed by atoms with E-state index in [4.69, 9.17) is 4.74 Å². The van der Waals surface area contributed by atoms with Crippen molar-refractivity contribution in [1.82, 2.24) is 0 Å². The first-order chi connectivity index (χ1) is 9.59. The molecule has 20 heavy (non-hydrogen) atoms. The highest BCUT2D eigenvalue weighted by Gasteiger charge is 2.43. The van der Waals surface area contributed by atoms with E-state index < -0.39 is 0 Å². The monoisotopic (exact) mass is 282 g/mol. The number of morpholine rings is 1. The van der Waals surface area contributed by atoms with E-state index in [1.165, 1.54) is 80.3 Å². The molecule has 3 heteroatoms. The first kappa shape index (κ1) is 14.8. The summed E-state index contributed by atoms with van der Waals surface area (Å²) in [4.78, 5) is 0. The highest BCUT2D eigenvalue weighted by molar-refractivity contribution is 4.80. The Morgan fingerprint density at radius 3 is 2.00 bits per heavy atom. The number of nitrogens with zero attached hydrogens (tertiary/aromatic N) is 2. The average Bonchev–Trinajstić information content (AvgIpc) is 2.75. The molecule has 0 aromatic rings. The predicted molar refractivity (Wildman–Crippen MR) is 82.5 cm³/mol. The SMILES string of the molecule is C[N+]1(CCC[N+]2(C)CC3CCCCC3C2)CCOCC1. The van der Waals surface area contributed by atoms with Gasteiger partial charge in [0, 0.05) is 18.3 Å². The Bertz CT molecular complexity index is 311. The highest BCUT2D eigenvalue weighted by atomic mass is 16.5. The van der Waals surface area contributed by atoms with Crippen molar-refractivity contribution in [1.29, 1.82) is 0 Å². The van der Waals surface area contributed by atoms with Crippen LogP contribution in [0.15, 0.2) is 0 Å². The number of fused-ring (bicyclic) bond motifs is 1. The summed E-state index contributed by atoms with van der Waals surface area (Å²) in [6.07, 6.45) is 7.42. The maximum Gasteiger partial charge on any atom is 0.102 e. The maximum atomic E-state index is 5.51. The molecule has 116 valence electrons. The van der Waals surface area contributed by atoms with E-state index in [0.29, 0.717) is 0 Å². The summed E-state index contributed by atoms with van der Waals surface area (Å²) in [5, 5.41) is 0. The van der Waals surface area contributed by atoms with Gasteiger partial charge in [-0.05, 0) is 12.8 Å². The van der Waals surface area contributed by atoms with E-state index >= 15 is 0 Å². The lowest BCUT2D eigenvalue weighted by Crippen LogP contribution is -2.53. The summed E-state index contributed by atoms with van der Waals surface area (Å²) in [7, 11) is 4.95. The fourth-order valence-electron chi connectivity index (χ4n) is 5.00. The van der Waals surface area contributed by atoms with Crippen LogP contribution in [0.1, 0.15) is 32.1 Å². The van der Waals surface area contributed by atoms with Gasteiger partial charge in [0.15, 0.2) is 0 Å². The Morgan fingerprint density at radius 2 is 1.40 bits per heavy atom. The molecule has 3 fully saturated rings. The molecule has 0 spiro atoms. The molecule has 0 amide bonds. The molecule has 0 aromatic carbocycles. The van der Waals surface area contributed by atoms with Gasteiger partial charge in [0.2, 0.25) is 0 Å². The van der Waals surface area contributed by atoms with Gasteiger partial charge < -0.3 is 13.7 Å². The minimum absolute atomic E-state index is 0.965. The van der Waals surface area contributed by atoms with Crippen molar-refractivity contribution in [3.05, 3.63) is 0 Å². The highest BCUT2D eigenvalue weighted by Crippen LogP contribution is 2.39. The second-order valence-corrected chi connectivity index (χ2v) is 8.27. The molecule has 3 aliphatic rings. The standard InChI is InChI=1S/C17H34N2O/c1-18(10-12-20-13-11-18)8-5-9-19(2)14-16-6-3-4-7-17(16)15-19/h16-17H,3-15H2,1-2H3/q+2. The van der Waals surface area contributed by atoms with Crippen LogP contribution in [0.5, 0.6) is 0 Å². The van der Waals surface area contributed by atoms with Gasteiger partial charge in [-0.3, -0.25) is 0 Å². The maximum absolute atomic E-state index is 5.51. The van der Waals surface area contributed by atoms with E-state index in [9.17, 15) is 0 Å². The summed E-state index contributed by atoms with van der Waals surface area (Å²) in [6, 6.07) is 0. The van der Waals surface area contributed by atoms with E-state index in [2.05, 4.69) is 14.1 Å². The third-order valence-corrected chi connectivity index (χ3v) is 6.36. The zero-order valence-electron chi connectivity index (χ0n) is 13.6. The smallest absolute Gasteiger partial charge is 0.102 e. The summed E-state index contributed by atoms with van der Waals surface area (Å²) in [6.45, 7) is 10.1. The Labute approximate surface area is 125 Å². The molecule has 0 aromatic heterocycles. The Morgan fingerprint density at radius 1 is 0.850 bits per heavy atom. The van der Waals surface area contributed by atoms with Crippen LogP contribution in [0.3, 0.4) is 0 Å². The van der Waals surface area contributed by atoms with Gasteiger partial charge in [-0.25, -0.2) is 0 Å². The van der Waals surface area contributed by atoms with Crippen LogP contribution in [-0.2, 0) is 4.74 Å². The molecular formula is C17H34N2O+2. The second kappa shape index (κ2) is 5.94. The number of quaternary nitrogens is 2. The average molecular weight is 282 g/mol. The molecule has 2 atom stereocenters. The second-order valence-electron chi connectivity index (χ2n) is 8.27. The number of hydrogen-bond donors (Lipinski definition) is 0. The summed E-state index contributed by atoms with van der Waals surface area (Å²) in [5.41, 5.74) is 0. The van der Waals surface area contributed by atoms with E-state index in [-0.39, 0.29) is 0 Å². The van der Waals surface area contributed by atoms with Crippen LogP contribution in [0.2, 0.25) is 0 Å². The van der Waals surface area contributed by atoms with Crippen molar-refractivity contribution in [2.45, 2.75) is 32.1 Å². The molecule has 3 rings (SSSR count). The first-order valence-electron chi connectivity index (χ1n) is 8.84. The molecule has 0 radical (unpaired) electrons. The molecule has 2 aliphatic heterocycles. The van der Waals surface area contributed by atoms with E-state index in [1.54, 1.807) is 0 Å². The van der Waals surface area contributed by atoms with Gasteiger partial charge in [-0.1, -0.05) is 12.8 Å². The van der Waals surface area contributed by atoms with Crippen LogP contribution in [-0.4, -0.2) is 75.5 Å². The largest absolute Gasteiger partial charge is 0.370 e. The van der Waals surface area contributed by atoms with E-state index in [1.807, 2.05) is 0 Å². The van der Waals surface area contributed by atoms with Crippen molar-refractivity contribution in [3.63, 3.8) is 0 Å². The molecule has 2 heterocycles. The summed E-state index contributed by atoms with van der Waals surface area (Å²) < 4.78 is 8.12.